The molecular formula is C14H28N2O2. The summed E-state index contributed by atoms with van der Waals surface area (Å²) in [4.78, 5) is 14.3. The molecule has 18 heavy (non-hydrogen) atoms. The molecule has 2 atom stereocenters. The van der Waals surface area contributed by atoms with E-state index < -0.39 is 5.54 Å². The zero-order valence-corrected chi connectivity index (χ0v) is 12.3. The van der Waals surface area contributed by atoms with E-state index in [0.29, 0.717) is 6.04 Å². The van der Waals surface area contributed by atoms with Crippen LogP contribution in [0.15, 0.2) is 0 Å². The predicted octanol–water partition coefficient (Wildman–Crippen LogP) is 1.79. The molecule has 0 aliphatic carbocycles. The first-order chi connectivity index (χ1) is 8.57. The molecule has 1 N–H and O–H groups in total. The number of hydrogen-bond donors (Lipinski definition) is 1. The highest BCUT2D eigenvalue weighted by molar-refractivity contribution is 5.80. The van der Waals surface area contributed by atoms with Crippen molar-refractivity contribution in [3.63, 3.8) is 0 Å². The Morgan fingerprint density at radius 3 is 2.78 bits per heavy atom. The molecule has 0 bridgehead atoms. The normalized spacial score (nSPS) is 24.6. The number of carbonyl (C=O) groups excluding carboxylic acids is 1. The largest absolute Gasteiger partial charge is 0.468 e. The smallest absolute Gasteiger partial charge is 0.325 e. The molecular weight excluding hydrogens is 228 g/mol. The Hall–Kier alpha value is -0.610. The van der Waals surface area contributed by atoms with Gasteiger partial charge in [0.15, 0.2) is 0 Å². The van der Waals surface area contributed by atoms with Crippen LogP contribution in [0.3, 0.4) is 0 Å². The summed E-state index contributed by atoms with van der Waals surface area (Å²) >= 11 is 0. The number of rotatable bonds is 6. The Labute approximate surface area is 111 Å². The van der Waals surface area contributed by atoms with Gasteiger partial charge in [0.2, 0.25) is 0 Å². The van der Waals surface area contributed by atoms with E-state index in [0.717, 1.165) is 13.0 Å². The summed E-state index contributed by atoms with van der Waals surface area (Å²) in [5.41, 5.74) is -0.565. The fourth-order valence-corrected chi connectivity index (χ4v) is 2.74. The summed E-state index contributed by atoms with van der Waals surface area (Å²) in [6, 6.07) is 0.692. The Morgan fingerprint density at radius 1 is 1.50 bits per heavy atom. The number of ether oxygens (including phenoxy) is 1. The molecule has 1 aliphatic rings. The number of hydrogen-bond acceptors (Lipinski definition) is 4. The molecule has 0 radical (unpaired) electrons. The van der Waals surface area contributed by atoms with E-state index in [1.165, 1.54) is 39.3 Å². The maximum atomic E-state index is 11.8. The van der Waals surface area contributed by atoms with Crippen molar-refractivity contribution in [3.05, 3.63) is 0 Å². The minimum atomic E-state index is -0.565. The summed E-state index contributed by atoms with van der Waals surface area (Å²) in [5.74, 6) is -0.171. The number of likely N-dealkylation sites (N-methyl/N-ethyl adjacent to an activating group) is 1. The molecule has 1 rings (SSSR count). The van der Waals surface area contributed by atoms with Crippen LogP contribution in [-0.2, 0) is 9.53 Å². The first-order valence-electron chi connectivity index (χ1n) is 7.08. The number of carbonyl (C=O) groups is 1. The number of piperidine rings is 1. The van der Waals surface area contributed by atoms with Crippen molar-refractivity contribution in [2.75, 3.05) is 27.2 Å². The second kappa shape index (κ2) is 7.10. The number of nitrogens with zero attached hydrogens (tertiary/aromatic N) is 1. The van der Waals surface area contributed by atoms with E-state index in [2.05, 4.69) is 17.1 Å². The number of esters is 1. The van der Waals surface area contributed by atoms with Crippen LogP contribution in [-0.4, -0.2) is 49.7 Å². The zero-order valence-electron chi connectivity index (χ0n) is 12.3. The lowest BCUT2D eigenvalue weighted by atomic mass is 9.95. The van der Waals surface area contributed by atoms with Crippen LogP contribution in [0.25, 0.3) is 0 Å². The SMILES string of the molecule is CCC1CCCCN1CCC(C)(NC)C(=O)OC. The van der Waals surface area contributed by atoms with E-state index in [1.807, 2.05) is 14.0 Å². The van der Waals surface area contributed by atoms with Gasteiger partial charge >= 0.3 is 5.97 Å². The molecule has 4 nitrogen and oxygen atoms in total. The van der Waals surface area contributed by atoms with Crippen LogP contribution in [0.1, 0.15) is 46.0 Å². The average Bonchev–Trinajstić information content (AvgIpc) is 2.44. The van der Waals surface area contributed by atoms with Gasteiger partial charge in [0, 0.05) is 12.6 Å². The first kappa shape index (κ1) is 15.4. The topological polar surface area (TPSA) is 41.6 Å². The van der Waals surface area contributed by atoms with E-state index in [1.54, 1.807) is 0 Å². The van der Waals surface area contributed by atoms with Crippen molar-refractivity contribution in [3.8, 4) is 0 Å². The highest BCUT2D eigenvalue weighted by Crippen LogP contribution is 2.21. The minimum absolute atomic E-state index is 0.171. The van der Waals surface area contributed by atoms with Gasteiger partial charge < -0.3 is 15.0 Å². The van der Waals surface area contributed by atoms with Crippen LogP contribution in [0, 0.1) is 0 Å². The van der Waals surface area contributed by atoms with Crippen LogP contribution in [0.4, 0.5) is 0 Å². The molecule has 1 saturated heterocycles. The summed E-state index contributed by atoms with van der Waals surface area (Å²) in [6.45, 7) is 6.30. The Morgan fingerprint density at radius 2 is 2.22 bits per heavy atom. The predicted molar refractivity (Wildman–Crippen MR) is 73.6 cm³/mol. The fraction of sp³-hybridized carbons (Fsp3) is 0.929. The highest BCUT2D eigenvalue weighted by Gasteiger charge is 2.33. The first-order valence-corrected chi connectivity index (χ1v) is 7.08. The molecule has 0 saturated carbocycles. The van der Waals surface area contributed by atoms with Gasteiger partial charge in [-0.05, 0) is 46.2 Å². The molecule has 106 valence electrons. The van der Waals surface area contributed by atoms with Gasteiger partial charge in [-0.15, -0.1) is 0 Å². The summed E-state index contributed by atoms with van der Waals surface area (Å²) in [7, 11) is 3.28. The highest BCUT2D eigenvalue weighted by atomic mass is 16.5. The van der Waals surface area contributed by atoms with Crippen LogP contribution >= 0.6 is 0 Å². The minimum Gasteiger partial charge on any atom is -0.468 e. The zero-order chi connectivity index (χ0) is 13.6. The molecule has 1 aliphatic heterocycles. The molecule has 1 fully saturated rings. The van der Waals surface area contributed by atoms with Crippen molar-refractivity contribution < 1.29 is 9.53 Å². The molecule has 0 spiro atoms. The Balaban J connectivity index is 2.53. The Kier molecular flexibility index (Phi) is 6.09. The lowest BCUT2D eigenvalue weighted by Gasteiger charge is -2.37. The van der Waals surface area contributed by atoms with Crippen molar-refractivity contribution in [1.82, 2.24) is 10.2 Å². The quantitative estimate of drug-likeness (QED) is 0.736. The summed E-state index contributed by atoms with van der Waals surface area (Å²) in [6.07, 6.45) is 5.92. The van der Waals surface area contributed by atoms with E-state index >= 15 is 0 Å². The summed E-state index contributed by atoms with van der Waals surface area (Å²) in [5, 5.41) is 3.10. The van der Waals surface area contributed by atoms with E-state index in [-0.39, 0.29) is 5.97 Å². The number of nitrogens with one attached hydrogen (secondary N) is 1. The van der Waals surface area contributed by atoms with Crippen molar-refractivity contribution in [2.24, 2.45) is 0 Å². The lowest BCUT2D eigenvalue weighted by Crippen LogP contribution is -2.51. The molecule has 0 aromatic heterocycles. The van der Waals surface area contributed by atoms with E-state index in [9.17, 15) is 4.79 Å². The standard InChI is InChI=1S/C14H28N2O2/c1-5-12-8-6-7-10-16(12)11-9-14(2,15-3)13(17)18-4/h12,15H,5-11H2,1-4H3. The lowest BCUT2D eigenvalue weighted by molar-refractivity contribution is -0.148. The molecule has 0 aromatic rings. The third-order valence-corrected chi connectivity index (χ3v) is 4.31. The van der Waals surface area contributed by atoms with Crippen molar-refractivity contribution >= 4 is 5.97 Å². The molecule has 4 heteroatoms. The average molecular weight is 256 g/mol. The number of methoxy groups -OCH3 is 1. The van der Waals surface area contributed by atoms with Gasteiger partial charge in [0.25, 0.3) is 0 Å². The Bertz CT molecular complexity index is 271. The van der Waals surface area contributed by atoms with Gasteiger partial charge in [-0.25, -0.2) is 0 Å². The van der Waals surface area contributed by atoms with Gasteiger partial charge in [-0.2, -0.15) is 0 Å². The second-order valence-electron chi connectivity index (χ2n) is 5.42. The summed E-state index contributed by atoms with van der Waals surface area (Å²) < 4.78 is 4.88. The molecule has 0 amide bonds. The van der Waals surface area contributed by atoms with Crippen molar-refractivity contribution in [1.29, 1.82) is 0 Å². The number of likely N-dealkylation sites (tertiary alicyclic amines) is 1. The third-order valence-electron chi connectivity index (χ3n) is 4.31. The van der Waals surface area contributed by atoms with Gasteiger partial charge in [-0.3, -0.25) is 4.79 Å². The van der Waals surface area contributed by atoms with Gasteiger partial charge in [-0.1, -0.05) is 13.3 Å². The fourth-order valence-electron chi connectivity index (χ4n) is 2.74. The molecule has 1 heterocycles. The van der Waals surface area contributed by atoms with Gasteiger partial charge in [0.05, 0.1) is 7.11 Å². The van der Waals surface area contributed by atoms with Gasteiger partial charge in [0.1, 0.15) is 5.54 Å². The maximum absolute atomic E-state index is 11.8. The van der Waals surface area contributed by atoms with Crippen LogP contribution < -0.4 is 5.32 Å². The van der Waals surface area contributed by atoms with Crippen LogP contribution in [0.2, 0.25) is 0 Å². The third kappa shape index (κ3) is 3.69. The molecule has 2 unspecified atom stereocenters. The second-order valence-corrected chi connectivity index (χ2v) is 5.42. The van der Waals surface area contributed by atoms with Crippen molar-refractivity contribution in [2.45, 2.75) is 57.5 Å². The van der Waals surface area contributed by atoms with Crippen LogP contribution in [0.5, 0.6) is 0 Å². The van der Waals surface area contributed by atoms with E-state index in [4.69, 9.17) is 4.74 Å². The monoisotopic (exact) mass is 256 g/mol. The maximum Gasteiger partial charge on any atom is 0.325 e. The molecule has 0 aromatic carbocycles.